The first-order valence-corrected chi connectivity index (χ1v) is 21.1. The molecule has 0 spiro atoms. The topological polar surface area (TPSA) is 29.5 Å². The predicted molar refractivity (Wildman–Crippen MR) is 103 cm³/mol. The van der Waals surface area contributed by atoms with Gasteiger partial charge in [0, 0.05) is 0 Å². The molecule has 0 bridgehead atoms. The summed E-state index contributed by atoms with van der Waals surface area (Å²) in [5, 5.41) is 0.260. The Morgan fingerprint density at radius 1 is 1.18 bits per heavy atom. The molecular formula is C17H37NO2SiSn. The van der Waals surface area contributed by atoms with Crippen LogP contribution in [-0.2, 0) is 9.22 Å². The molecule has 0 unspecified atom stereocenters. The van der Waals surface area contributed by atoms with E-state index in [2.05, 4.69) is 48.7 Å². The van der Waals surface area contributed by atoms with Gasteiger partial charge in [0.2, 0.25) is 0 Å². The van der Waals surface area contributed by atoms with Gasteiger partial charge in [-0.15, -0.1) is 0 Å². The summed E-state index contributed by atoms with van der Waals surface area (Å²) in [4.78, 5) is 20.8. The van der Waals surface area contributed by atoms with Crippen LogP contribution in [0.4, 0.5) is 0 Å². The van der Waals surface area contributed by atoms with E-state index in [1.54, 1.807) is 4.90 Å². The van der Waals surface area contributed by atoms with E-state index in [-0.39, 0.29) is 10.9 Å². The maximum atomic E-state index is 12.0. The van der Waals surface area contributed by atoms with E-state index in [1.165, 1.54) is 3.59 Å². The van der Waals surface area contributed by atoms with Crippen LogP contribution in [0.5, 0.6) is 0 Å². The van der Waals surface area contributed by atoms with Crippen molar-refractivity contribution in [1.82, 2.24) is 4.90 Å². The fourth-order valence-electron chi connectivity index (χ4n) is 1.75. The van der Waals surface area contributed by atoms with Crippen LogP contribution in [0.25, 0.3) is 0 Å². The van der Waals surface area contributed by atoms with Gasteiger partial charge in [-0.05, 0) is 0 Å². The molecule has 130 valence electrons. The molecule has 3 nitrogen and oxygen atoms in total. The number of amides is 1. The summed E-state index contributed by atoms with van der Waals surface area (Å²) >= 11 is -2.21. The standard InChI is InChI=1S/C14H28NO2Si.3CH3.Sn/c1-14(2,3)18(6,7)17-12-10-8-9-11-13(16)15(4)5;;;;/h11H,8,10,12H2,1-7H3;3*1H3;. The Morgan fingerprint density at radius 2 is 1.68 bits per heavy atom. The van der Waals surface area contributed by atoms with Gasteiger partial charge in [-0.3, -0.25) is 0 Å². The Labute approximate surface area is 143 Å². The molecule has 0 aromatic carbocycles. The molecule has 0 aliphatic rings. The fourth-order valence-corrected chi connectivity index (χ4v) is 7.07. The van der Waals surface area contributed by atoms with Crippen LogP contribution >= 0.6 is 0 Å². The SMILES string of the molecule is CN(C)C(=O)/C=[C](/CCCO[Si](C)(C)C(C)(C)C)[Sn]([CH3])([CH3])[CH3]. The van der Waals surface area contributed by atoms with Crippen molar-refractivity contribution < 1.29 is 9.22 Å². The van der Waals surface area contributed by atoms with E-state index < -0.39 is 26.7 Å². The molecule has 0 radical (unpaired) electrons. The van der Waals surface area contributed by atoms with Gasteiger partial charge in [-0.2, -0.15) is 0 Å². The molecule has 0 aliphatic carbocycles. The molecule has 0 fully saturated rings. The zero-order valence-electron chi connectivity index (χ0n) is 16.5. The molecule has 0 saturated heterocycles. The van der Waals surface area contributed by atoms with Crippen molar-refractivity contribution in [2.24, 2.45) is 0 Å². The van der Waals surface area contributed by atoms with Gasteiger partial charge in [-0.1, -0.05) is 0 Å². The molecule has 5 heteroatoms. The first kappa shape index (κ1) is 22.2. The third-order valence-corrected chi connectivity index (χ3v) is 15.7. The van der Waals surface area contributed by atoms with E-state index in [0.29, 0.717) is 0 Å². The Morgan fingerprint density at radius 3 is 2.05 bits per heavy atom. The Balaban J connectivity index is 4.67. The zero-order chi connectivity index (χ0) is 17.8. The normalized spacial score (nSPS) is 14.2. The second kappa shape index (κ2) is 8.33. The van der Waals surface area contributed by atoms with Gasteiger partial charge >= 0.3 is 144 Å². The van der Waals surface area contributed by atoms with Gasteiger partial charge in [0.05, 0.1) is 0 Å². The molecule has 1 amide bonds. The van der Waals surface area contributed by atoms with Crippen LogP contribution < -0.4 is 0 Å². The average Bonchev–Trinajstić information content (AvgIpc) is 2.29. The summed E-state index contributed by atoms with van der Waals surface area (Å²) in [5.74, 6) is 0.118. The predicted octanol–water partition coefficient (Wildman–Crippen LogP) is 4.68. The van der Waals surface area contributed by atoms with Crippen LogP contribution in [0.3, 0.4) is 0 Å². The third kappa shape index (κ3) is 7.64. The molecular weight excluding hydrogens is 397 g/mol. The second-order valence-electron chi connectivity index (χ2n) is 8.86. The van der Waals surface area contributed by atoms with Gasteiger partial charge in [0.1, 0.15) is 0 Å². The zero-order valence-corrected chi connectivity index (χ0v) is 20.3. The van der Waals surface area contributed by atoms with Crippen molar-refractivity contribution in [1.29, 1.82) is 0 Å². The fraction of sp³-hybridized carbons (Fsp3) is 0.824. The number of hydrogen-bond donors (Lipinski definition) is 0. The second-order valence-corrected chi connectivity index (χ2v) is 28.4. The molecule has 22 heavy (non-hydrogen) atoms. The number of rotatable bonds is 7. The van der Waals surface area contributed by atoms with Crippen molar-refractivity contribution >= 4 is 32.6 Å². The average molecular weight is 434 g/mol. The van der Waals surface area contributed by atoms with Crippen LogP contribution in [0.2, 0.25) is 33.0 Å². The molecule has 0 saturated carbocycles. The van der Waals surface area contributed by atoms with Crippen molar-refractivity contribution in [2.75, 3.05) is 20.7 Å². The third-order valence-electron chi connectivity index (χ3n) is 4.56. The van der Waals surface area contributed by atoms with E-state index in [4.69, 9.17) is 4.43 Å². The van der Waals surface area contributed by atoms with Crippen molar-refractivity contribution in [3.63, 3.8) is 0 Å². The monoisotopic (exact) mass is 435 g/mol. The van der Waals surface area contributed by atoms with Crippen LogP contribution in [0, 0.1) is 0 Å². The number of carbonyl (C=O) groups excluding carboxylic acids is 1. The summed E-state index contributed by atoms with van der Waals surface area (Å²) < 4.78 is 7.66. The molecule has 0 heterocycles. The Bertz CT molecular complexity index is 404. The summed E-state index contributed by atoms with van der Waals surface area (Å²) in [6, 6.07) is 0. The Kier molecular flexibility index (Phi) is 8.40. The van der Waals surface area contributed by atoms with Crippen molar-refractivity contribution in [3.05, 3.63) is 9.67 Å². The number of likely N-dealkylation sites (N-methyl/N-ethyl adjacent to an activating group) is 1. The van der Waals surface area contributed by atoms with Crippen LogP contribution in [0.15, 0.2) is 9.67 Å². The first-order chi connectivity index (χ1) is 9.68. The molecule has 0 N–H and O–H groups in total. The molecule has 0 aliphatic heterocycles. The maximum absolute atomic E-state index is 12.0. The van der Waals surface area contributed by atoms with Gasteiger partial charge in [0.25, 0.3) is 0 Å². The summed E-state index contributed by atoms with van der Waals surface area (Å²) in [7, 11) is 1.98. The van der Waals surface area contributed by atoms with E-state index >= 15 is 0 Å². The van der Waals surface area contributed by atoms with Crippen molar-refractivity contribution in [3.8, 4) is 0 Å². The molecule has 0 aromatic heterocycles. The molecule has 0 rings (SSSR count). The number of carbonyl (C=O) groups is 1. The summed E-state index contributed by atoms with van der Waals surface area (Å²) in [6.45, 7) is 12.2. The number of allylic oxidation sites excluding steroid dienone is 1. The first-order valence-electron chi connectivity index (χ1n) is 8.25. The van der Waals surface area contributed by atoms with E-state index in [0.717, 1.165) is 19.4 Å². The quantitative estimate of drug-likeness (QED) is 0.331. The number of nitrogens with zero attached hydrogens (tertiary/aromatic N) is 1. The van der Waals surface area contributed by atoms with Crippen LogP contribution in [-0.4, -0.2) is 58.2 Å². The van der Waals surface area contributed by atoms with Crippen LogP contribution in [0.1, 0.15) is 33.6 Å². The molecule has 0 aromatic rings. The van der Waals surface area contributed by atoms with E-state index in [1.807, 2.05) is 20.2 Å². The Hall–Kier alpha value is 0.186. The van der Waals surface area contributed by atoms with E-state index in [9.17, 15) is 4.79 Å². The minimum atomic E-state index is -2.21. The van der Waals surface area contributed by atoms with Gasteiger partial charge in [-0.25, -0.2) is 0 Å². The number of hydrogen-bond acceptors (Lipinski definition) is 2. The minimum absolute atomic E-state index is 0.118. The van der Waals surface area contributed by atoms with Gasteiger partial charge in [0.15, 0.2) is 0 Å². The summed E-state index contributed by atoms with van der Waals surface area (Å²) in [5.41, 5.74) is 0. The molecule has 0 atom stereocenters. The summed E-state index contributed by atoms with van der Waals surface area (Å²) in [6.07, 6.45) is 3.92. The van der Waals surface area contributed by atoms with Crippen molar-refractivity contribution in [2.45, 2.75) is 66.6 Å². The van der Waals surface area contributed by atoms with Gasteiger partial charge < -0.3 is 0 Å².